The van der Waals surface area contributed by atoms with Gasteiger partial charge in [-0.05, 0) is 55.7 Å². The van der Waals surface area contributed by atoms with E-state index < -0.39 is 0 Å². The molecule has 4 aromatic rings. The number of nitrogens with zero attached hydrogens (tertiary/aromatic N) is 5. The Balaban J connectivity index is 1.06. The standard InChI is InChI=1S/C27H29N5O4/c1-2-34-25(33)16-18-3-7-23-20(15-18)9-14-32(23)24-8-6-22(17-28-24)35-21-10-12-31(13-11-21)27-29-26(30-36-27)19-4-5-19/h3,6-9,14-15,17,19,21H,2,4-5,10-13,16H2,1H3. The molecule has 0 amide bonds. The van der Waals surface area contributed by atoms with Crippen LogP contribution in [-0.4, -0.2) is 51.5 Å². The summed E-state index contributed by atoms with van der Waals surface area (Å²) < 4.78 is 18.8. The third kappa shape index (κ3) is 4.78. The van der Waals surface area contributed by atoms with Gasteiger partial charge in [-0.25, -0.2) is 4.98 Å². The van der Waals surface area contributed by atoms with Crippen molar-refractivity contribution in [2.75, 3.05) is 24.6 Å². The molecule has 4 heterocycles. The second kappa shape index (κ2) is 9.64. The number of benzene rings is 1. The Morgan fingerprint density at radius 2 is 1.97 bits per heavy atom. The molecule has 0 spiro atoms. The first kappa shape index (κ1) is 22.6. The normalized spacial score (nSPS) is 16.4. The number of aromatic nitrogens is 4. The Hall–Kier alpha value is -3.88. The first-order valence-corrected chi connectivity index (χ1v) is 12.6. The predicted octanol–water partition coefficient (Wildman–Crippen LogP) is 4.44. The number of rotatable bonds is 8. The van der Waals surface area contributed by atoms with Crippen LogP contribution in [0.25, 0.3) is 16.7 Å². The van der Waals surface area contributed by atoms with Crippen LogP contribution in [0.15, 0.2) is 53.3 Å². The molecule has 1 aliphatic carbocycles. The molecule has 6 rings (SSSR count). The minimum atomic E-state index is -0.212. The van der Waals surface area contributed by atoms with Gasteiger partial charge >= 0.3 is 12.0 Å². The van der Waals surface area contributed by atoms with Gasteiger partial charge in [0.1, 0.15) is 17.7 Å². The quantitative estimate of drug-likeness (QED) is 0.337. The number of esters is 1. The fraction of sp³-hybridized carbons (Fsp3) is 0.407. The van der Waals surface area contributed by atoms with E-state index in [1.165, 1.54) is 12.8 Å². The molecule has 1 saturated carbocycles. The zero-order valence-electron chi connectivity index (χ0n) is 20.3. The summed E-state index contributed by atoms with van der Waals surface area (Å²) in [5, 5.41) is 5.17. The van der Waals surface area contributed by atoms with Crippen LogP contribution in [0.4, 0.5) is 6.01 Å². The van der Waals surface area contributed by atoms with Gasteiger partial charge in [0.2, 0.25) is 0 Å². The lowest BCUT2D eigenvalue weighted by atomic mass is 10.1. The monoisotopic (exact) mass is 487 g/mol. The maximum Gasteiger partial charge on any atom is 0.324 e. The second-order valence-electron chi connectivity index (χ2n) is 9.43. The van der Waals surface area contributed by atoms with Gasteiger partial charge in [0.25, 0.3) is 0 Å². The van der Waals surface area contributed by atoms with E-state index in [9.17, 15) is 4.79 Å². The van der Waals surface area contributed by atoms with Crippen molar-refractivity contribution in [3.8, 4) is 11.6 Å². The summed E-state index contributed by atoms with van der Waals surface area (Å²) in [6, 6.07) is 12.6. The average molecular weight is 488 g/mol. The van der Waals surface area contributed by atoms with Crippen molar-refractivity contribution in [3.63, 3.8) is 0 Å². The highest BCUT2D eigenvalue weighted by molar-refractivity contribution is 5.84. The molecule has 1 saturated heterocycles. The summed E-state index contributed by atoms with van der Waals surface area (Å²) in [5.74, 6) is 2.71. The van der Waals surface area contributed by atoms with E-state index in [0.29, 0.717) is 18.5 Å². The second-order valence-corrected chi connectivity index (χ2v) is 9.43. The zero-order chi connectivity index (χ0) is 24.5. The Labute approximate surface area is 209 Å². The number of anilines is 1. The van der Waals surface area contributed by atoms with Crippen molar-refractivity contribution in [1.82, 2.24) is 19.7 Å². The summed E-state index contributed by atoms with van der Waals surface area (Å²) in [4.78, 5) is 23.1. The van der Waals surface area contributed by atoms with Crippen LogP contribution in [0.3, 0.4) is 0 Å². The molecule has 2 fully saturated rings. The maximum atomic E-state index is 11.8. The fourth-order valence-corrected chi connectivity index (χ4v) is 4.68. The molecule has 0 bridgehead atoms. The Morgan fingerprint density at radius 3 is 2.72 bits per heavy atom. The minimum absolute atomic E-state index is 0.130. The topological polar surface area (TPSA) is 95.5 Å². The third-order valence-electron chi connectivity index (χ3n) is 6.76. The number of fused-ring (bicyclic) bond motifs is 1. The molecule has 186 valence electrons. The molecular formula is C27H29N5O4. The molecule has 0 atom stereocenters. The Kier molecular flexibility index (Phi) is 6.04. The van der Waals surface area contributed by atoms with Gasteiger partial charge < -0.3 is 23.5 Å². The van der Waals surface area contributed by atoms with E-state index in [1.807, 2.05) is 54.1 Å². The first-order chi connectivity index (χ1) is 17.7. The van der Waals surface area contributed by atoms with Crippen molar-refractivity contribution < 1.29 is 18.8 Å². The lowest BCUT2D eigenvalue weighted by Crippen LogP contribution is -2.38. The number of ether oxygens (including phenoxy) is 2. The summed E-state index contributed by atoms with van der Waals surface area (Å²) in [6.07, 6.45) is 8.28. The summed E-state index contributed by atoms with van der Waals surface area (Å²) in [6.45, 7) is 3.87. The van der Waals surface area contributed by atoms with Crippen LogP contribution in [0.2, 0.25) is 0 Å². The van der Waals surface area contributed by atoms with E-state index in [-0.39, 0.29) is 18.5 Å². The number of pyridine rings is 1. The Morgan fingerprint density at radius 1 is 1.11 bits per heavy atom. The van der Waals surface area contributed by atoms with Crippen molar-refractivity contribution in [2.24, 2.45) is 0 Å². The molecular weight excluding hydrogens is 458 g/mol. The summed E-state index contributed by atoms with van der Waals surface area (Å²) >= 11 is 0. The molecule has 3 aromatic heterocycles. The van der Waals surface area contributed by atoms with Crippen LogP contribution < -0.4 is 9.64 Å². The largest absolute Gasteiger partial charge is 0.489 e. The molecule has 9 nitrogen and oxygen atoms in total. The number of hydrogen-bond donors (Lipinski definition) is 0. The third-order valence-corrected chi connectivity index (χ3v) is 6.76. The van der Waals surface area contributed by atoms with E-state index in [4.69, 9.17) is 14.0 Å². The molecule has 1 aromatic carbocycles. The number of carbonyl (C=O) groups excluding carboxylic acids is 1. The summed E-state index contributed by atoms with van der Waals surface area (Å²) in [5.41, 5.74) is 1.96. The molecule has 0 unspecified atom stereocenters. The smallest absolute Gasteiger partial charge is 0.324 e. The van der Waals surface area contributed by atoms with Crippen LogP contribution >= 0.6 is 0 Å². The number of hydrogen-bond acceptors (Lipinski definition) is 8. The minimum Gasteiger partial charge on any atom is -0.489 e. The predicted molar refractivity (Wildman–Crippen MR) is 134 cm³/mol. The lowest BCUT2D eigenvalue weighted by Gasteiger charge is -2.30. The average Bonchev–Trinajstić information content (AvgIpc) is 3.47. The van der Waals surface area contributed by atoms with Crippen LogP contribution in [0, 0.1) is 0 Å². The van der Waals surface area contributed by atoms with Crippen molar-refractivity contribution in [1.29, 1.82) is 0 Å². The van der Waals surface area contributed by atoms with Crippen molar-refractivity contribution in [2.45, 2.75) is 51.0 Å². The van der Waals surface area contributed by atoms with Gasteiger partial charge in [0.05, 0.1) is 24.7 Å². The van der Waals surface area contributed by atoms with Gasteiger partial charge in [0, 0.05) is 43.4 Å². The molecule has 36 heavy (non-hydrogen) atoms. The Bertz CT molecular complexity index is 1350. The molecule has 9 heteroatoms. The lowest BCUT2D eigenvalue weighted by molar-refractivity contribution is -0.142. The fourth-order valence-electron chi connectivity index (χ4n) is 4.68. The number of piperidine rings is 1. The maximum absolute atomic E-state index is 11.8. The van der Waals surface area contributed by atoms with Gasteiger partial charge in [-0.15, -0.1) is 0 Å². The highest BCUT2D eigenvalue weighted by Gasteiger charge is 2.31. The van der Waals surface area contributed by atoms with Crippen LogP contribution in [-0.2, 0) is 16.0 Å². The molecule has 0 radical (unpaired) electrons. The van der Waals surface area contributed by atoms with Gasteiger partial charge in [-0.1, -0.05) is 11.2 Å². The van der Waals surface area contributed by atoms with Crippen molar-refractivity contribution >= 4 is 22.9 Å². The molecule has 1 aliphatic heterocycles. The molecule has 2 aliphatic rings. The first-order valence-electron chi connectivity index (χ1n) is 12.6. The van der Waals surface area contributed by atoms with Crippen LogP contribution in [0.1, 0.15) is 49.9 Å². The van der Waals surface area contributed by atoms with E-state index in [0.717, 1.165) is 59.8 Å². The number of carbonyl (C=O) groups is 1. The van der Waals surface area contributed by atoms with Gasteiger partial charge in [0.15, 0.2) is 5.82 Å². The zero-order valence-corrected chi connectivity index (χ0v) is 20.3. The highest BCUT2D eigenvalue weighted by Crippen LogP contribution is 2.39. The van der Waals surface area contributed by atoms with Crippen molar-refractivity contribution in [3.05, 3.63) is 60.2 Å². The van der Waals surface area contributed by atoms with E-state index in [1.54, 1.807) is 6.20 Å². The molecule has 0 N–H and O–H groups in total. The van der Waals surface area contributed by atoms with E-state index >= 15 is 0 Å². The highest BCUT2D eigenvalue weighted by atomic mass is 16.5. The van der Waals surface area contributed by atoms with Gasteiger partial charge in [-0.2, -0.15) is 4.98 Å². The summed E-state index contributed by atoms with van der Waals surface area (Å²) in [7, 11) is 0. The SMILES string of the molecule is CCOC(=O)Cc1ccc2c(ccn2-c2ccc(OC3CCN(c4nc(C5CC5)no4)CC3)cn2)c1. The van der Waals surface area contributed by atoms with E-state index in [2.05, 4.69) is 20.0 Å². The van der Waals surface area contributed by atoms with Crippen LogP contribution in [0.5, 0.6) is 5.75 Å². The van der Waals surface area contributed by atoms with Gasteiger partial charge in [-0.3, -0.25) is 4.79 Å².